The van der Waals surface area contributed by atoms with Gasteiger partial charge in [0, 0.05) is 12.7 Å². The third-order valence-electron chi connectivity index (χ3n) is 13.8. The number of anilines is 2. The van der Waals surface area contributed by atoms with Gasteiger partial charge >= 0.3 is 7.82 Å². The number of phosphoric ester groups is 1. The number of rotatable bonds is 32. The molecule has 0 unspecified atom stereocenters. The molecule has 25 heteroatoms. The monoisotopic (exact) mass is 1070 g/mol. The number of hydrogen-bond acceptors (Lipinski definition) is 22. The van der Waals surface area contributed by atoms with Gasteiger partial charge in [0.1, 0.15) is 90.3 Å². The third kappa shape index (κ3) is 13.6. The standard InChI is InChI=1S/C51H69N12O12P/c1-2-3-4-5-6-7-8-9-10-11-12-13-14-15-16-17-25-69-27-36(73-43-20-18-19-35(26-52)61-43)28-70-76(68,71-29-39-44(64)46(66)50(31-53,74-39)41-23-21-37-48(55)57-33-59-62(37)41)72-30-40-45(65)47(67)51(32-54,75-40)42-24-22-38-49(56)58-34-60-63(38)42/h18-24,33-34,36,39-40,44-47,64-67H,2-17,25,27-30H2,1H3,(H2,55,57,59)(H2,56,58,60)/t36-,39-,40-,44-,45-,46-,47-,50+,51+/m1/s1. The molecule has 0 saturated carbocycles. The fourth-order valence-corrected chi connectivity index (χ4v) is 10.7. The van der Waals surface area contributed by atoms with Crippen molar-refractivity contribution in [1.29, 1.82) is 15.8 Å². The zero-order valence-corrected chi connectivity index (χ0v) is 43.6. The van der Waals surface area contributed by atoms with E-state index in [1.807, 2.05) is 18.2 Å². The molecular weight excluding hydrogens is 1000 g/mol. The van der Waals surface area contributed by atoms with E-state index in [1.54, 1.807) is 6.07 Å². The second kappa shape index (κ2) is 27.4. The van der Waals surface area contributed by atoms with Crippen LogP contribution in [0.1, 0.15) is 127 Å². The first-order valence-corrected chi connectivity index (χ1v) is 27.5. The van der Waals surface area contributed by atoms with Gasteiger partial charge in [0.2, 0.25) is 17.1 Å². The average molecular weight is 1070 g/mol. The minimum Gasteiger partial charge on any atom is -0.469 e. The number of aliphatic hydroxyl groups excluding tert-OH is 4. The van der Waals surface area contributed by atoms with Crippen LogP contribution in [0, 0.1) is 34.0 Å². The lowest BCUT2D eigenvalue weighted by atomic mass is 9.92. The van der Waals surface area contributed by atoms with E-state index in [9.17, 15) is 40.8 Å². The highest BCUT2D eigenvalue weighted by atomic mass is 31.2. The molecule has 5 aromatic heterocycles. The number of phosphoric acid groups is 1. The van der Waals surface area contributed by atoms with Crippen LogP contribution in [-0.2, 0) is 43.5 Å². The van der Waals surface area contributed by atoms with E-state index in [2.05, 4.69) is 32.1 Å². The Labute approximate surface area is 441 Å². The van der Waals surface area contributed by atoms with Crippen LogP contribution in [0.15, 0.2) is 55.1 Å². The predicted molar refractivity (Wildman–Crippen MR) is 272 cm³/mol. The molecule has 0 bridgehead atoms. The van der Waals surface area contributed by atoms with Crippen LogP contribution in [-0.4, -0.2) is 130 Å². The summed E-state index contributed by atoms with van der Waals surface area (Å²) in [6.07, 6.45) is 10.1. The van der Waals surface area contributed by atoms with Crippen LogP contribution < -0.4 is 16.2 Å². The van der Waals surface area contributed by atoms with Gasteiger partial charge in [0.05, 0.1) is 37.8 Å². The number of nitriles is 3. The summed E-state index contributed by atoms with van der Waals surface area (Å²) in [6, 6.07) is 16.2. The molecule has 8 N–H and O–H groups in total. The summed E-state index contributed by atoms with van der Waals surface area (Å²) in [6.45, 7) is 0.261. The van der Waals surface area contributed by atoms with Gasteiger partial charge in [-0.1, -0.05) is 109 Å². The fraction of sp³-hybridized carbons (Fsp3) is 0.608. The van der Waals surface area contributed by atoms with Crippen LogP contribution in [0.3, 0.4) is 0 Å². The highest BCUT2D eigenvalue weighted by Crippen LogP contribution is 2.52. The minimum absolute atomic E-state index is 0.00527. The second-order valence-electron chi connectivity index (χ2n) is 19.1. The largest absolute Gasteiger partial charge is 0.475 e. The molecule has 0 aromatic carbocycles. The second-order valence-corrected chi connectivity index (χ2v) is 20.8. The van der Waals surface area contributed by atoms with Crippen molar-refractivity contribution in [2.24, 2.45) is 0 Å². The summed E-state index contributed by atoms with van der Waals surface area (Å²) in [5, 5.41) is 84.3. The Kier molecular flexibility index (Phi) is 20.8. The number of nitrogen functional groups attached to an aromatic ring is 2. The average Bonchev–Trinajstić information content (AvgIpc) is 4.23. The number of ether oxygens (including phenoxy) is 4. The Hall–Kier alpha value is -5.91. The molecule has 5 aromatic rings. The lowest BCUT2D eigenvalue weighted by Crippen LogP contribution is -2.41. The van der Waals surface area contributed by atoms with E-state index >= 15 is 0 Å². The minimum atomic E-state index is -4.99. The van der Waals surface area contributed by atoms with Crippen LogP contribution >= 0.6 is 7.82 Å². The van der Waals surface area contributed by atoms with E-state index in [0.29, 0.717) is 6.61 Å². The molecule has 76 heavy (non-hydrogen) atoms. The summed E-state index contributed by atoms with van der Waals surface area (Å²) < 4.78 is 59.1. The van der Waals surface area contributed by atoms with E-state index in [-0.39, 0.29) is 52.2 Å². The molecule has 0 radical (unpaired) electrons. The molecule has 2 aliphatic heterocycles. The number of unbranched alkanes of at least 4 members (excludes halogenated alkanes) is 15. The molecule has 24 nitrogen and oxygen atoms in total. The van der Waals surface area contributed by atoms with Gasteiger partial charge in [0.25, 0.3) is 0 Å². The summed E-state index contributed by atoms with van der Waals surface area (Å²) in [7, 11) is -4.99. The van der Waals surface area contributed by atoms with Gasteiger partial charge in [-0.25, -0.2) is 28.5 Å². The Balaban J connectivity index is 1.01. The molecule has 7 heterocycles. The zero-order valence-electron chi connectivity index (χ0n) is 42.7. The molecule has 7 rings (SSSR count). The topological polar surface area (TPSA) is 359 Å². The van der Waals surface area contributed by atoms with E-state index in [4.69, 9.17) is 44.0 Å². The van der Waals surface area contributed by atoms with Gasteiger partial charge in [0.15, 0.2) is 11.6 Å². The summed E-state index contributed by atoms with van der Waals surface area (Å²) in [4.78, 5) is 12.1. The van der Waals surface area contributed by atoms with Crippen molar-refractivity contribution < 1.29 is 57.5 Å². The molecular formula is C51H69N12O12P. The Morgan fingerprint density at radius 1 is 0.671 bits per heavy atom. The molecule has 0 amide bonds. The number of fused-ring (bicyclic) bond motifs is 2. The smallest absolute Gasteiger partial charge is 0.469 e. The molecule has 9 atom stereocenters. The maximum Gasteiger partial charge on any atom is 0.475 e. The number of aliphatic hydroxyl groups is 4. The molecule has 2 saturated heterocycles. The maximum absolute atomic E-state index is 14.9. The highest BCUT2D eigenvalue weighted by molar-refractivity contribution is 7.48. The van der Waals surface area contributed by atoms with Gasteiger partial charge < -0.3 is 50.8 Å². The lowest BCUT2D eigenvalue weighted by Gasteiger charge is -2.26. The first-order chi connectivity index (χ1) is 36.8. The number of pyridine rings is 1. The third-order valence-corrected chi connectivity index (χ3v) is 15.2. The van der Waals surface area contributed by atoms with E-state index in [0.717, 1.165) is 38.3 Å². The van der Waals surface area contributed by atoms with Crippen molar-refractivity contribution in [2.75, 3.05) is 44.5 Å². The maximum atomic E-state index is 14.9. The lowest BCUT2D eigenvalue weighted by molar-refractivity contribution is -0.0757. The summed E-state index contributed by atoms with van der Waals surface area (Å²) in [5.41, 5.74) is 8.15. The molecule has 2 aliphatic rings. The normalized spacial score (nSPS) is 23.9. The van der Waals surface area contributed by atoms with Gasteiger partial charge in [-0.3, -0.25) is 13.6 Å². The van der Waals surface area contributed by atoms with Gasteiger partial charge in [-0.2, -0.15) is 26.0 Å². The quantitative estimate of drug-likeness (QED) is 0.0230. The summed E-state index contributed by atoms with van der Waals surface area (Å²) in [5.74, 6) is 0.157. The van der Waals surface area contributed by atoms with Crippen molar-refractivity contribution in [3.05, 3.63) is 72.2 Å². The number of aromatic nitrogens is 7. The van der Waals surface area contributed by atoms with Crippen LogP contribution in [0.4, 0.5) is 11.6 Å². The van der Waals surface area contributed by atoms with Crippen LogP contribution in [0.5, 0.6) is 5.88 Å². The first kappa shape index (κ1) is 57.8. The van der Waals surface area contributed by atoms with Crippen molar-refractivity contribution in [3.63, 3.8) is 0 Å². The molecule has 0 aliphatic carbocycles. The van der Waals surface area contributed by atoms with Gasteiger partial charge in [-0.15, -0.1) is 0 Å². The SMILES string of the molecule is CCCCCCCCCCCCCCCCCCOC[C@H](COP(=O)(OC[C@H]1O[C@@](C#N)(c2ccc3c(N)ncnn23)[C@H](O)[C@@H]1O)OC[C@H]1O[C@@](C#N)(c2ccc3c(N)ncnn23)[C@H](O)[C@@H]1O)Oc1cccc(C#N)n1. The van der Waals surface area contributed by atoms with Crippen molar-refractivity contribution >= 4 is 30.5 Å². The van der Waals surface area contributed by atoms with Crippen molar-refractivity contribution in [2.45, 2.75) is 164 Å². The van der Waals surface area contributed by atoms with Gasteiger partial charge in [-0.05, 0) is 36.8 Å². The Morgan fingerprint density at radius 3 is 1.61 bits per heavy atom. The van der Waals surface area contributed by atoms with E-state index < -0.39 is 81.6 Å². The molecule has 410 valence electrons. The van der Waals surface area contributed by atoms with E-state index in [1.165, 1.54) is 122 Å². The van der Waals surface area contributed by atoms with Crippen molar-refractivity contribution in [1.82, 2.24) is 34.2 Å². The Bertz CT molecular complexity index is 2710. The highest BCUT2D eigenvalue weighted by Gasteiger charge is 2.59. The number of nitrogens with two attached hydrogens (primary N) is 2. The zero-order chi connectivity index (χ0) is 54.1. The Morgan fingerprint density at radius 2 is 1.14 bits per heavy atom. The van der Waals surface area contributed by atoms with Crippen LogP contribution in [0.25, 0.3) is 11.0 Å². The molecule has 0 spiro atoms. The number of nitrogens with zero attached hydrogens (tertiary/aromatic N) is 10. The first-order valence-electron chi connectivity index (χ1n) is 26.1. The van der Waals surface area contributed by atoms with Crippen molar-refractivity contribution in [3.8, 4) is 24.1 Å². The number of hydrogen-bond donors (Lipinski definition) is 6. The predicted octanol–water partition coefficient (Wildman–Crippen LogP) is 5.47. The fourth-order valence-electron chi connectivity index (χ4n) is 9.51. The summed E-state index contributed by atoms with van der Waals surface area (Å²) >= 11 is 0. The molecule has 2 fully saturated rings. The van der Waals surface area contributed by atoms with Crippen LogP contribution in [0.2, 0.25) is 0 Å².